The van der Waals surface area contributed by atoms with Gasteiger partial charge in [0.1, 0.15) is 4.47 Å². The molecular weight excluding hydrogens is 332 g/mol. The second kappa shape index (κ2) is 5.41. The fraction of sp³-hybridized carbons (Fsp3) is 0.300. The lowest BCUT2D eigenvalue weighted by Crippen LogP contribution is -2.13. The van der Waals surface area contributed by atoms with Gasteiger partial charge >= 0.3 is 5.82 Å². The summed E-state index contributed by atoms with van der Waals surface area (Å²) in [5.74, 6) is -0.920. The van der Waals surface area contributed by atoms with Gasteiger partial charge in [0.2, 0.25) is 0 Å². The van der Waals surface area contributed by atoms with Crippen LogP contribution in [0.4, 0.5) is 11.5 Å². The summed E-state index contributed by atoms with van der Waals surface area (Å²) in [6.45, 7) is 4.42. The predicted octanol–water partition coefficient (Wildman–Crippen LogP) is 1.86. The van der Waals surface area contributed by atoms with Crippen LogP contribution in [0.5, 0.6) is 0 Å². The van der Waals surface area contributed by atoms with Gasteiger partial charge in [0.05, 0.1) is 17.6 Å². The van der Waals surface area contributed by atoms with Crippen LogP contribution in [0.2, 0.25) is 0 Å². The van der Waals surface area contributed by atoms with E-state index in [-0.39, 0.29) is 16.0 Å². The molecule has 20 heavy (non-hydrogen) atoms. The molecule has 2 heterocycles. The number of rotatable bonds is 4. The first-order valence-corrected chi connectivity index (χ1v) is 6.47. The standard InChI is InChI=1S/C10H11BrN6O3/c1-3-16-5(2)6(4-12-16)13-10(18)8-7(11)9(15-14-8)17(19)20/h4H,3H2,1-2H3,(H,13,18)(H,14,15). The van der Waals surface area contributed by atoms with Crippen molar-refractivity contribution in [3.63, 3.8) is 0 Å². The lowest BCUT2D eigenvalue weighted by Gasteiger charge is -2.03. The Bertz CT molecular complexity index is 677. The molecule has 0 atom stereocenters. The molecule has 2 aromatic heterocycles. The number of aryl methyl sites for hydroxylation is 1. The zero-order valence-corrected chi connectivity index (χ0v) is 12.3. The number of nitro groups is 1. The summed E-state index contributed by atoms with van der Waals surface area (Å²) in [4.78, 5) is 22.1. The molecule has 0 aliphatic heterocycles. The summed E-state index contributed by atoms with van der Waals surface area (Å²) < 4.78 is 1.73. The van der Waals surface area contributed by atoms with Crippen molar-refractivity contribution in [2.75, 3.05) is 5.32 Å². The summed E-state index contributed by atoms with van der Waals surface area (Å²) in [7, 11) is 0. The first kappa shape index (κ1) is 14.2. The number of hydrogen-bond donors (Lipinski definition) is 2. The molecule has 0 aliphatic carbocycles. The van der Waals surface area contributed by atoms with E-state index in [9.17, 15) is 14.9 Å². The zero-order valence-electron chi connectivity index (χ0n) is 10.7. The second-order valence-electron chi connectivity index (χ2n) is 3.91. The van der Waals surface area contributed by atoms with Crippen molar-refractivity contribution in [1.29, 1.82) is 0 Å². The minimum absolute atomic E-state index is 0.0144. The second-order valence-corrected chi connectivity index (χ2v) is 4.70. The molecule has 0 saturated carbocycles. The van der Waals surface area contributed by atoms with Crippen molar-refractivity contribution in [2.24, 2.45) is 0 Å². The summed E-state index contributed by atoms with van der Waals surface area (Å²) in [6.07, 6.45) is 1.52. The summed E-state index contributed by atoms with van der Waals surface area (Å²) >= 11 is 2.99. The van der Waals surface area contributed by atoms with Crippen LogP contribution in [-0.2, 0) is 6.54 Å². The number of aromatic nitrogens is 4. The van der Waals surface area contributed by atoms with Gasteiger partial charge in [-0.3, -0.25) is 9.48 Å². The minimum atomic E-state index is -0.659. The molecule has 0 aliphatic rings. The first-order chi connectivity index (χ1) is 9.45. The van der Waals surface area contributed by atoms with Gasteiger partial charge in [0.15, 0.2) is 5.69 Å². The molecule has 2 rings (SSSR count). The Morgan fingerprint density at radius 1 is 1.65 bits per heavy atom. The molecule has 2 aromatic rings. The van der Waals surface area contributed by atoms with E-state index in [0.717, 1.165) is 5.69 Å². The lowest BCUT2D eigenvalue weighted by molar-refractivity contribution is -0.390. The van der Waals surface area contributed by atoms with Crippen molar-refractivity contribution in [1.82, 2.24) is 20.0 Å². The third-order valence-corrected chi connectivity index (χ3v) is 3.49. The maximum atomic E-state index is 12.0. The normalized spacial score (nSPS) is 10.6. The molecule has 0 unspecified atom stereocenters. The molecule has 0 aromatic carbocycles. The maximum absolute atomic E-state index is 12.0. The Hall–Kier alpha value is -2.23. The molecule has 0 radical (unpaired) electrons. The number of carbonyl (C=O) groups is 1. The van der Waals surface area contributed by atoms with Gasteiger partial charge in [0, 0.05) is 6.54 Å². The molecule has 10 heteroatoms. The molecule has 0 spiro atoms. The Labute approximate surface area is 121 Å². The number of H-pyrrole nitrogens is 1. The topological polar surface area (TPSA) is 119 Å². The quantitative estimate of drug-likeness (QED) is 0.649. The van der Waals surface area contributed by atoms with E-state index in [4.69, 9.17) is 0 Å². The highest BCUT2D eigenvalue weighted by molar-refractivity contribution is 9.10. The van der Waals surface area contributed by atoms with Crippen molar-refractivity contribution in [3.05, 3.63) is 32.2 Å². The number of amides is 1. The highest BCUT2D eigenvalue weighted by atomic mass is 79.9. The molecule has 0 saturated heterocycles. The predicted molar refractivity (Wildman–Crippen MR) is 73.5 cm³/mol. The fourth-order valence-corrected chi connectivity index (χ4v) is 2.16. The van der Waals surface area contributed by atoms with Gasteiger partial charge < -0.3 is 15.4 Å². The zero-order chi connectivity index (χ0) is 14.9. The van der Waals surface area contributed by atoms with Crippen LogP contribution in [0, 0.1) is 17.0 Å². The SMILES string of the molecule is CCn1ncc(NC(=O)c2n[nH]c([N+](=O)[O-])c2Br)c1C. The Morgan fingerprint density at radius 2 is 2.35 bits per heavy atom. The molecule has 2 N–H and O–H groups in total. The number of nitrogens with zero attached hydrogens (tertiary/aromatic N) is 4. The van der Waals surface area contributed by atoms with Crippen LogP contribution in [0.25, 0.3) is 0 Å². The summed E-state index contributed by atoms with van der Waals surface area (Å²) in [5.41, 5.74) is 1.25. The fourth-order valence-electron chi connectivity index (χ4n) is 1.66. The maximum Gasteiger partial charge on any atom is 0.357 e. The van der Waals surface area contributed by atoms with Crippen LogP contribution in [0.1, 0.15) is 23.1 Å². The largest absolute Gasteiger partial charge is 0.358 e. The van der Waals surface area contributed by atoms with Crippen molar-refractivity contribution in [3.8, 4) is 0 Å². The van der Waals surface area contributed by atoms with E-state index in [0.29, 0.717) is 12.2 Å². The molecule has 9 nitrogen and oxygen atoms in total. The molecule has 0 bridgehead atoms. The molecular formula is C10H11BrN6O3. The lowest BCUT2D eigenvalue weighted by atomic mass is 10.3. The third-order valence-electron chi connectivity index (χ3n) is 2.74. The minimum Gasteiger partial charge on any atom is -0.358 e. The number of aromatic amines is 1. The molecule has 106 valence electrons. The van der Waals surface area contributed by atoms with Crippen LogP contribution in [0.3, 0.4) is 0 Å². The van der Waals surface area contributed by atoms with Crippen LogP contribution >= 0.6 is 15.9 Å². The number of hydrogen-bond acceptors (Lipinski definition) is 5. The van der Waals surface area contributed by atoms with Crippen LogP contribution in [0.15, 0.2) is 10.7 Å². The van der Waals surface area contributed by atoms with Crippen molar-refractivity contribution >= 4 is 33.3 Å². The smallest absolute Gasteiger partial charge is 0.357 e. The number of anilines is 1. The van der Waals surface area contributed by atoms with Crippen LogP contribution < -0.4 is 5.32 Å². The highest BCUT2D eigenvalue weighted by Gasteiger charge is 2.25. The number of halogens is 1. The van der Waals surface area contributed by atoms with E-state index in [1.165, 1.54) is 6.20 Å². The van der Waals surface area contributed by atoms with E-state index in [1.807, 2.05) is 13.8 Å². The summed E-state index contributed by atoms with van der Waals surface area (Å²) in [6, 6.07) is 0. The van der Waals surface area contributed by atoms with Crippen LogP contribution in [-0.4, -0.2) is 30.8 Å². The Kier molecular flexibility index (Phi) is 3.84. The highest BCUT2D eigenvalue weighted by Crippen LogP contribution is 2.26. The van der Waals surface area contributed by atoms with E-state index in [2.05, 4.69) is 36.5 Å². The van der Waals surface area contributed by atoms with E-state index >= 15 is 0 Å². The van der Waals surface area contributed by atoms with Crippen molar-refractivity contribution in [2.45, 2.75) is 20.4 Å². The van der Waals surface area contributed by atoms with Gasteiger partial charge in [0.25, 0.3) is 5.91 Å². The number of carbonyl (C=O) groups excluding carboxylic acids is 1. The van der Waals surface area contributed by atoms with Gasteiger partial charge in [-0.15, -0.1) is 5.10 Å². The van der Waals surface area contributed by atoms with Gasteiger partial charge in [-0.2, -0.15) is 5.10 Å². The first-order valence-electron chi connectivity index (χ1n) is 5.67. The van der Waals surface area contributed by atoms with Gasteiger partial charge in [-0.1, -0.05) is 5.10 Å². The Balaban J connectivity index is 2.24. The average molecular weight is 343 g/mol. The third kappa shape index (κ3) is 2.41. The monoisotopic (exact) mass is 342 g/mol. The van der Waals surface area contributed by atoms with E-state index in [1.54, 1.807) is 4.68 Å². The van der Waals surface area contributed by atoms with E-state index < -0.39 is 10.8 Å². The van der Waals surface area contributed by atoms with Crippen molar-refractivity contribution < 1.29 is 9.72 Å². The molecule has 1 amide bonds. The van der Waals surface area contributed by atoms with Gasteiger partial charge in [-0.25, -0.2) is 0 Å². The average Bonchev–Trinajstić information content (AvgIpc) is 2.94. The Morgan fingerprint density at radius 3 is 2.85 bits per heavy atom. The number of nitrogens with one attached hydrogen (secondary N) is 2. The molecule has 0 fully saturated rings. The summed E-state index contributed by atoms with van der Waals surface area (Å²) in [5, 5.41) is 23.2. The van der Waals surface area contributed by atoms with Gasteiger partial charge in [-0.05, 0) is 34.7 Å².